The molecule has 6 heteroatoms. The van der Waals surface area contributed by atoms with Gasteiger partial charge in [-0.2, -0.15) is 0 Å². The molecule has 1 aromatic carbocycles. The van der Waals surface area contributed by atoms with Gasteiger partial charge in [-0.05, 0) is 5.56 Å². The van der Waals surface area contributed by atoms with Crippen LogP contribution in [0.1, 0.15) is 5.56 Å². The maximum absolute atomic E-state index is 11.4. The highest BCUT2D eigenvalue weighted by Crippen LogP contribution is 2.03. The second-order valence-electron chi connectivity index (χ2n) is 3.09. The number of sulfonamides is 1. The molecule has 0 heterocycles. The van der Waals surface area contributed by atoms with E-state index in [9.17, 15) is 8.42 Å². The SMILES string of the molecule is N=C(N)CNS(=O)(=O)Cc1ccccc1. The normalized spacial score (nSPS) is 11.2. The number of amidine groups is 1. The van der Waals surface area contributed by atoms with Gasteiger partial charge in [0.1, 0.15) is 5.84 Å². The summed E-state index contributed by atoms with van der Waals surface area (Å²) >= 11 is 0. The molecule has 0 spiro atoms. The highest BCUT2D eigenvalue weighted by atomic mass is 32.2. The molecule has 4 N–H and O–H groups in total. The molecule has 82 valence electrons. The van der Waals surface area contributed by atoms with Crippen molar-refractivity contribution in [1.29, 1.82) is 5.41 Å². The molecule has 0 aliphatic heterocycles. The average Bonchev–Trinajstić information content (AvgIpc) is 2.16. The number of nitrogens with one attached hydrogen (secondary N) is 2. The molecule has 0 unspecified atom stereocenters. The van der Waals surface area contributed by atoms with E-state index in [0.29, 0.717) is 5.56 Å². The highest BCUT2D eigenvalue weighted by Gasteiger charge is 2.10. The van der Waals surface area contributed by atoms with Gasteiger partial charge >= 0.3 is 0 Å². The second kappa shape index (κ2) is 4.90. The van der Waals surface area contributed by atoms with Crippen molar-refractivity contribution < 1.29 is 8.42 Å². The van der Waals surface area contributed by atoms with Crippen LogP contribution in [0.4, 0.5) is 0 Å². The summed E-state index contributed by atoms with van der Waals surface area (Å²) in [7, 11) is -3.40. The van der Waals surface area contributed by atoms with Gasteiger partial charge in [0, 0.05) is 0 Å². The first kappa shape index (κ1) is 11.7. The number of hydrogen-bond donors (Lipinski definition) is 3. The average molecular weight is 227 g/mol. The Labute approximate surface area is 88.9 Å². The zero-order valence-electron chi connectivity index (χ0n) is 8.10. The van der Waals surface area contributed by atoms with Crippen molar-refractivity contribution in [3.05, 3.63) is 35.9 Å². The summed E-state index contributed by atoms with van der Waals surface area (Å²) < 4.78 is 25.1. The lowest BCUT2D eigenvalue weighted by Crippen LogP contribution is -2.33. The van der Waals surface area contributed by atoms with Crippen molar-refractivity contribution in [2.45, 2.75) is 5.75 Å². The van der Waals surface area contributed by atoms with Crippen LogP contribution in [0.25, 0.3) is 0 Å². The van der Waals surface area contributed by atoms with Crippen LogP contribution in [-0.2, 0) is 15.8 Å². The summed E-state index contributed by atoms with van der Waals surface area (Å²) in [6, 6.07) is 8.82. The molecule has 0 radical (unpaired) electrons. The fraction of sp³-hybridized carbons (Fsp3) is 0.222. The Bertz CT molecular complexity index is 428. The molecule has 5 nitrogen and oxygen atoms in total. The number of hydrogen-bond acceptors (Lipinski definition) is 3. The van der Waals surface area contributed by atoms with Crippen LogP contribution in [0.2, 0.25) is 0 Å². The number of nitrogens with two attached hydrogens (primary N) is 1. The fourth-order valence-corrected chi connectivity index (χ4v) is 2.14. The third-order valence-electron chi connectivity index (χ3n) is 1.68. The molecular weight excluding hydrogens is 214 g/mol. The maximum atomic E-state index is 11.4. The Hall–Kier alpha value is -1.40. The van der Waals surface area contributed by atoms with Crippen molar-refractivity contribution in [2.75, 3.05) is 6.54 Å². The van der Waals surface area contributed by atoms with Gasteiger partial charge in [0.05, 0.1) is 12.3 Å². The van der Waals surface area contributed by atoms with Gasteiger partial charge in [0.15, 0.2) is 0 Å². The first-order valence-corrected chi connectivity index (χ1v) is 5.99. The summed E-state index contributed by atoms with van der Waals surface area (Å²) in [5, 5.41) is 6.90. The standard InChI is InChI=1S/C9H13N3O2S/c10-9(11)6-12-15(13,14)7-8-4-2-1-3-5-8/h1-5,12H,6-7H2,(H3,10,11). The van der Waals surface area contributed by atoms with Crippen LogP contribution in [0, 0.1) is 5.41 Å². The quantitative estimate of drug-likeness (QED) is 0.489. The van der Waals surface area contributed by atoms with Crippen LogP contribution in [-0.4, -0.2) is 20.8 Å². The second-order valence-corrected chi connectivity index (χ2v) is 4.90. The van der Waals surface area contributed by atoms with Crippen LogP contribution in [0.15, 0.2) is 30.3 Å². The smallest absolute Gasteiger partial charge is 0.216 e. The fourth-order valence-electron chi connectivity index (χ4n) is 1.03. The molecule has 0 aliphatic rings. The van der Waals surface area contributed by atoms with E-state index in [-0.39, 0.29) is 18.1 Å². The first-order chi connectivity index (χ1) is 6.99. The summed E-state index contributed by atoms with van der Waals surface area (Å²) in [4.78, 5) is 0. The predicted molar refractivity (Wildman–Crippen MR) is 59.0 cm³/mol. The van der Waals surface area contributed by atoms with E-state index in [0.717, 1.165) is 0 Å². The Morgan fingerprint density at radius 2 is 1.93 bits per heavy atom. The Morgan fingerprint density at radius 3 is 2.47 bits per heavy atom. The Morgan fingerprint density at radius 1 is 1.33 bits per heavy atom. The van der Waals surface area contributed by atoms with E-state index >= 15 is 0 Å². The lowest BCUT2D eigenvalue weighted by Gasteiger charge is -2.05. The molecule has 1 rings (SSSR count). The van der Waals surface area contributed by atoms with Crippen molar-refractivity contribution in [2.24, 2.45) is 5.73 Å². The molecule has 15 heavy (non-hydrogen) atoms. The molecule has 1 aromatic rings. The largest absolute Gasteiger partial charge is 0.387 e. The molecule has 0 saturated carbocycles. The summed E-state index contributed by atoms with van der Waals surface area (Å²) in [6.07, 6.45) is 0. The lowest BCUT2D eigenvalue weighted by molar-refractivity contribution is 0.585. The Kier molecular flexibility index (Phi) is 3.81. The van der Waals surface area contributed by atoms with Crippen LogP contribution >= 0.6 is 0 Å². The minimum Gasteiger partial charge on any atom is -0.387 e. The molecule has 0 atom stereocenters. The van der Waals surface area contributed by atoms with E-state index in [1.165, 1.54) is 0 Å². The van der Waals surface area contributed by atoms with E-state index in [2.05, 4.69) is 4.72 Å². The molecule has 0 aromatic heterocycles. The van der Waals surface area contributed by atoms with Gasteiger partial charge in [-0.3, -0.25) is 5.41 Å². The molecular formula is C9H13N3O2S. The van der Waals surface area contributed by atoms with Crippen LogP contribution in [0.3, 0.4) is 0 Å². The summed E-state index contributed by atoms with van der Waals surface area (Å²) in [5.74, 6) is -0.298. The van der Waals surface area contributed by atoms with Gasteiger partial charge in [0.25, 0.3) is 0 Å². The Balaban J connectivity index is 2.61. The van der Waals surface area contributed by atoms with Crippen molar-refractivity contribution in [1.82, 2.24) is 4.72 Å². The van der Waals surface area contributed by atoms with Crippen LogP contribution in [0.5, 0.6) is 0 Å². The van der Waals surface area contributed by atoms with Gasteiger partial charge < -0.3 is 5.73 Å². The zero-order valence-corrected chi connectivity index (χ0v) is 8.92. The maximum Gasteiger partial charge on any atom is 0.216 e. The number of benzene rings is 1. The van der Waals surface area contributed by atoms with Gasteiger partial charge in [-0.15, -0.1) is 0 Å². The lowest BCUT2D eigenvalue weighted by atomic mass is 10.2. The van der Waals surface area contributed by atoms with Gasteiger partial charge in [0.2, 0.25) is 10.0 Å². The van der Waals surface area contributed by atoms with E-state index in [1.54, 1.807) is 24.3 Å². The van der Waals surface area contributed by atoms with E-state index in [4.69, 9.17) is 11.1 Å². The van der Waals surface area contributed by atoms with Crippen LogP contribution < -0.4 is 10.5 Å². The predicted octanol–water partition coefficient (Wildman–Crippen LogP) is 0.0420. The molecule has 0 amide bonds. The highest BCUT2D eigenvalue weighted by molar-refractivity contribution is 7.88. The third kappa shape index (κ3) is 4.57. The molecule has 0 aliphatic carbocycles. The monoisotopic (exact) mass is 227 g/mol. The molecule has 0 saturated heterocycles. The van der Waals surface area contributed by atoms with E-state index < -0.39 is 10.0 Å². The topological polar surface area (TPSA) is 96.0 Å². The summed E-state index contributed by atoms with van der Waals surface area (Å²) in [6.45, 7) is -0.144. The van der Waals surface area contributed by atoms with Crippen molar-refractivity contribution >= 4 is 15.9 Å². The number of rotatable bonds is 5. The van der Waals surface area contributed by atoms with Crippen molar-refractivity contribution in [3.8, 4) is 0 Å². The minimum absolute atomic E-state index is 0.0961. The minimum atomic E-state index is -3.40. The third-order valence-corrected chi connectivity index (χ3v) is 2.98. The van der Waals surface area contributed by atoms with Crippen molar-refractivity contribution in [3.63, 3.8) is 0 Å². The molecule has 0 fully saturated rings. The zero-order chi connectivity index (χ0) is 11.3. The first-order valence-electron chi connectivity index (χ1n) is 4.34. The molecule has 0 bridgehead atoms. The summed E-state index contributed by atoms with van der Waals surface area (Å²) in [5.41, 5.74) is 5.75. The van der Waals surface area contributed by atoms with E-state index in [1.807, 2.05) is 6.07 Å². The van der Waals surface area contributed by atoms with Gasteiger partial charge in [-0.1, -0.05) is 30.3 Å². The van der Waals surface area contributed by atoms with Gasteiger partial charge in [-0.25, -0.2) is 13.1 Å².